The van der Waals surface area contributed by atoms with Crippen molar-refractivity contribution < 1.29 is 23.5 Å². The average Bonchev–Trinajstić information content (AvgIpc) is 1.59. The number of carbonyl (C=O) groups excluding carboxylic acids is 1. The van der Waals surface area contributed by atoms with Crippen LogP contribution in [-0.2, 0) is 9.36 Å². The Balaban J connectivity index is 3.39. The first-order chi connectivity index (χ1) is 4.42. The smallest absolute Gasteiger partial charge is 0.324 e. The van der Waals surface area contributed by atoms with Gasteiger partial charge >= 0.3 is 13.6 Å². The molecule has 0 unspecified atom stereocenters. The van der Waals surface area contributed by atoms with Gasteiger partial charge in [0.2, 0.25) is 0 Å². The van der Waals surface area contributed by atoms with Crippen LogP contribution in [0, 0.1) is 0 Å². The second kappa shape index (κ2) is 3.78. The van der Waals surface area contributed by atoms with Crippen molar-refractivity contribution in [2.24, 2.45) is 0 Å². The molecule has 60 valence electrons. The van der Waals surface area contributed by atoms with Gasteiger partial charge in [-0.15, -0.1) is 0 Å². The van der Waals surface area contributed by atoms with Crippen LogP contribution in [-0.4, -0.2) is 28.7 Å². The molecule has 0 aromatic carbocycles. The fourth-order valence-corrected chi connectivity index (χ4v) is 0.703. The maximum absolute atomic E-state index is 11.3. The van der Waals surface area contributed by atoms with E-state index in [0.29, 0.717) is 0 Å². The molecule has 0 aliphatic heterocycles. The molecule has 0 rings (SSSR count). The summed E-state index contributed by atoms with van der Waals surface area (Å²) in [5.74, 6) is 0. The van der Waals surface area contributed by atoms with E-state index in [1.54, 1.807) is 0 Å². The van der Waals surface area contributed by atoms with Crippen LogP contribution in [0.5, 0.6) is 0 Å². The van der Waals surface area contributed by atoms with Gasteiger partial charge in [-0.25, -0.2) is 0 Å². The van der Waals surface area contributed by atoms with E-state index >= 15 is 0 Å². The molecule has 0 saturated carbocycles. The van der Waals surface area contributed by atoms with Crippen molar-refractivity contribution >= 4 is 13.6 Å². The molecule has 5 nitrogen and oxygen atoms in total. The van der Waals surface area contributed by atoms with E-state index in [0.717, 1.165) is 0 Å². The molecule has 0 saturated heterocycles. The summed E-state index contributed by atoms with van der Waals surface area (Å²) in [6, 6.07) is -1.64. The fraction of sp³-hybridized carbons (Fsp3) is 0.667. The lowest BCUT2D eigenvalue weighted by Gasteiger charge is -2.01. The van der Waals surface area contributed by atoms with Gasteiger partial charge < -0.3 is 9.79 Å². The van der Waals surface area contributed by atoms with Crippen LogP contribution in [0.2, 0.25) is 0 Å². The first kappa shape index (κ1) is 9.71. The molecule has 0 amide bonds. The molecule has 0 aliphatic rings. The van der Waals surface area contributed by atoms with Crippen molar-refractivity contribution in [2.75, 3.05) is 12.8 Å². The van der Waals surface area contributed by atoms with Crippen molar-refractivity contribution in [3.05, 3.63) is 0 Å². The molecule has 0 heterocycles. The van der Waals surface area contributed by atoms with Gasteiger partial charge in [0.25, 0.3) is 0 Å². The first-order valence-electron chi connectivity index (χ1n) is 2.35. The molecule has 7 heteroatoms. The van der Waals surface area contributed by atoms with Crippen LogP contribution >= 0.6 is 7.60 Å². The predicted molar refractivity (Wildman–Crippen MR) is 31.0 cm³/mol. The summed E-state index contributed by atoms with van der Waals surface area (Å²) < 4.78 is 21.3. The zero-order chi connectivity index (χ0) is 8.20. The summed E-state index contributed by atoms with van der Waals surface area (Å²) in [4.78, 5) is 25.8. The highest BCUT2D eigenvalue weighted by molar-refractivity contribution is 7.51. The van der Waals surface area contributed by atoms with Crippen molar-refractivity contribution in [3.8, 4) is 0 Å². The van der Waals surface area contributed by atoms with E-state index in [1.165, 1.54) is 0 Å². The largest absolute Gasteiger partial charge is 0.339 e. The van der Waals surface area contributed by atoms with Crippen molar-refractivity contribution in [3.63, 3.8) is 0 Å². The second-order valence-electron chi connectivity index (χ2n) is 1.60. The third kappa shape index (κ3) is 7.71. The number of rotatable bonds is 4. The fourth-order valence-electron chi connectivity index (χ4n) is 0.300. The minimum Gasteiger partial charge on any atom is -0.324 e. The van der Waals surface area contributed by atoms with Crippen LogP contribution in [0.25, 0.3) is 0 Å². The van der Waals surface area contributed by atoms with E-state index in [4.69, 9.17) is 9.79 Å². The van der Waals surface area contributed by atoms with E-state index in [9.17, 15) is 13.8 Å². The lowest BCUT2D eigenvalue weighted by atomic mass is 10.7. The third-order valence-corrected chi connectivity index (χ3v) is 1.22. The average molecular weight is 171 g/mol. The Morgan fingerprint density at radius 3 is 2.40 bits per heavy atom. The Bertz CT molecular complexity index is 166. The standard InChI is InChI=1S/C3H7FNO4P/c4-3(6)1-5-2-10(7,8)9/h5H,1-2H2,(H2,7,8,9). The van der Waals surface area contributed by atoms with Gasteiger partial charge in [-0.3, -0.25) is 14.7 Å². The molecule has 0 aliphatic carbocycles. The van der Waals surface area contributed by atoms with Gasteiger partial charge in [-0.2, -0.15) is 4.39 Å². The Labute approximate surface area is 56.4 Å². The molecule has 0 atom stereocenters. The van der Waals surface area contributed by atoms with E-state index in [-0.39, 0.29) is 0 Å². The molecule has 3 N–H and O–H groups in total. The lowest BCUT2D eigenvalue weighted by Crippen LogP contribution is -2.21. The molecule has 0 radical (unpaired) electrons. The third-order valence-electron chi connectivity index (χ3n) is 0.582. The van der Waals surface area contributed by atoms with E-state index < -0.39 is 26.5 Å². The van der Waals surface area contributed by atoms with Crippen LogP contribution < -0.4 is 5.32 Å². The molecule has 0 aromatic rings. The van der Waals surface area contributed by atoms with Crippen molar-refractivity contribution in [1.82, 2.24) is 5.32 Å². The molecule has 0 aromatic heterocycles. The van der Waals surface area contributed by atoms with Crippen LogP contribution in [0.3, 0.4) is 0 Å². The predicted octanol–water partition coefficient (Wildman–Crippen LogP) is -0.793. The highest BCUT2D eigenvalue weighted by Gasteiger charge is 2.11. The van der Waals surface area contributed by atoms with Crippen LogP contribution in [0.1, 0.15) is 0 Å². The Morgan fingerprint density at radius 2 is 2.10 bits per heavy atom. The van der Waals surface area contributed by atoms with Gasteiger partial charge in [0, 0.05) is 0 Å². The maximum atomic E-state index is 11.3. The summed E-state index contributed by atoms with van der Waals surface area (Å²) >= 11 is 0. The summed E-state index contributed by atoms with van der Waals surface area (Å²) in [5, 5.41) is 1.94. The molecule has 0 bridgehead atoms. The van der Waals surface area contributed by atoms with Gasteiger partial charge in [-0.05, 0) is 0 Å². The van der Waals surface area contributed by atoms with Crippen LogP contribution in [0.15, 0.2) is 0 Å². The minimum absolute atomic E-state index is 0.662. The summed E-state index contributed by atoms with van der Waals surface area (Å²) in [5.41, 5.74) is 0. The molecule has 0 fully saturated rings. The monoisotopic (exact) mass is 171 g/mol. The van der Waals surface area contributed by atoms with Gasteiger partial charge in [0.15, 0.2) is 0 Å². The van der Waals surface area contributed by atoms with Gasteiger partial charge in [0.05, 0.1) is 12.8 Å². The van der Waals surface area contributed by atoms with Crippen molar-refractivity contribution in [1.29, 1.82) is 0 Å². The number of hydrogen-bond acceptors (Lipinski definition) is 3. The normalized spacial score (nSPS) is 11.5. The lowest BCUT2D eigenvalue weighted by molar-refractivity contribution is -0.128. The van der Waals surface area contributed by atoms with E-state index in [1.807, 2.05) is 5.32 Å². The SMILES string of the molecule is O=C(F)CNCP(=O)(O)O. The summed E-state index contributed by atoms with van der Waals surface area (Å²) in [7, 11) is -4.15. The topological polar surface area (TPSA) is 86.6 Å². The first-order valence-corrected chi connectivity index (χ1v) is 4.15. The molecule has 0 spiro atoms. The Morgan fingerprint density at radius 1 is 1.60 bits per heavy atom. The highest BCUT2D eigenvalue weighted by Crippen LogP contribution is 2.31. The zero-order valence-electron chi connectivity index (χ0n) is 4.95. The quantitative estimate of drug-likeness (QED) is 0.381. The second-order valence-corrected chi connectivity index (χ2v) is 3.25. The Hall–Kier alpha value is -0.290. The maximum Gasteiger partial charge on any atom is 0.339 e. The minimum atomic E-state index is -4.15. The van der Waals surface area contributed by atoms with Gasteiger partial charge in [0.1, 0.15) is 0 Å². The number of hydrogen-bond donors (Lipinski definition) is 3. The highest BCUT2D eigenvalue weighted by atomic mass is 31.2. The number of carbonyl (C=O) groups is 1. The molecular weight excluding hydrogens is 164 g/mol. The van der Waals surface area contributed by atoms with Crippen molar-refractivity contribution in [2.45, 2.75) is 0 Å². The summed E-state index contributed by atoms with van der Waals surface area (Å²) in [6.07, 6.45) is -0.678. The van der Waals surface area contributed by atoms with Crippen LogP contribution in [0.4, 0.5) is 4.39 Å². The Kier molecular flexibility index (Phi) is 3.67. The number of halogens is 1. The van der Waals surface area contributed by atoms with Gasteiger partial charge in [-0.1, -0.05) is 0 Å². The summed E-state index contributed by atoms with van der Waals surface area (Å²) in [6.45, 7) is -0.662. The van der Waals surface area contributed by atoms with E-state index in [2.05, 4.69) is 0 Å². The zero-order valence-corrected chi connectivity index (χ0v) is 5.84. The molecular formula is C3H7FNO4P. The molecule has 10 heavy (non-hydrogen) atoms. The number of nitrogens with one attached hydrogen (secondary N) is 1.